The van der Waals surface area contributed by atoms with Gasteiger partial charge in [-0.1, -0.05) is 0 Å². The third-order valence-electron chi connectivity index (χ3n) is 3.81. The van der Waals surface area contributed by atoms with Crippen LogP contribution in [0.1, 0.15) is 17.5 Å². The lowest BCUT2D eigenvalue weighted by molar-refractivity contribution is -0.137. The van der Waals surface area contributed by atoms with Crippen molar-refractivity contribution < 1.29 is 17.9 Å². The number of aryl methyl sites for hydroxylation is 1. The molecule has 122 valence electrons. The molecule has 0 N–H and O–H groups in total. The van der Waals surface area contributed by atoms with Crippen LogP contribution in [0, 0.1) is 6.92 Å². The average Bonchev–Trinajstić information content (AvgIpc) is 2.97. The summed E-state index contributed by atoms with van der Waals surface area (Å²) >= 11 is 0. The fraction of sp³-hybridized carbons (Fsp3) is 0.375. The maximum atomic E-state index is 12.6. The van der Waals surface area contributed by atoms with Crippen LogP contribution < -0.4 is 9.64 Å². The van der Waals surface area contributed by atoms with E-state index >= 15 is 0 Å². The molecule has 2 aromatic rings. The van der Waals surface area contributed by atoms with Crippen molar-refractivity contribution >= 4 is 5.82 Å². The lowest BCUT2D eigenvalue weighted by atomic mass is 10.2. The van der Waals surface area contributed by atoms with Gasteiger partial charge in [-0.05, 0) is 25.1 Å². The Kier molecular flexibility index (Phi) is 4.11. The number of hydrogen-bond donors (Lipinski definition) is 0. The molecule has 1 saturated heterocycles. The van der Waals surface area contributed by atoms with Crippen LogP contribution in [0.5, 0.6) is 5.75 Å². The zero-order chi connectivity index (χ0) is 16.4. The predicted molar refractivity (Wildman–Crippen MR) is 79.5 cm³/mol. The molecule has 0 bridgehead atoms. The van der Waals surface area contributed by atoms with Gasteiger partial charge in [0.05, 0.1) is 12.1 Å². The molecule has 0 radical (unpaired) electrons. The Hall–Kier alpha value is -2.31. The van der Waals surface area contributed by atoms with E-state index < -0.39 is 11.7 Å². The largest absolute Gasteiger partial charge is 0.488 e. The van der Waals surface area contributed by atoms with Crippen molar-refractivity contribution in [3.63, 3.8) is 0 Å². The lowest BCUT2D eigenvalue weighted by Crippen LogP contribution is -2.25. The third-order valence-corrected chi connectivity index (χ3v) is 3.81. The molecule has 1 aliphatic rings. The second-order valence-electron chi connectivity index (χ2n) is 5.52. The van der Waals surface area contributed by atoms with Crippen LogP contribution in [-0.4, -0.2) is 29.2 Å². The standard InChI is InChI=1S/C16H16F3N3O/c1-11-8-20-6-4-14(11)23-13-5-7-22(10-13)15-3-2-12(9-21-15)16(17,18)19/h2-4,6,8-9,13H,5,7,10H2,1H3. The van der Waals surface area contributed by atoms with Crippen molar-refractivity contribution in [3.8, 4) is 5.75 Å². The van der Waals surface area contributed by atoms with Gasteiger partial charge in [0, 0.05) is 37.1 Å². The van der Waals surface area contributed by atoms with E-state index in [1.807, 2.05) is 17.9 Å². The monoisotopic (exact) mass is 323 g/mol. The first-order valence-corrected chi connectivity index (χ1v) is 7.29. The van der Waals surface area contributed by atoms with Crippen molar-refractivity contribution in [3.05, 3.63) is 47.9 Å². The zero-order valence-corrected chi connectivity index (χ0v) is 12.5. The van der Waals surface area contributed by atoms with Gasteiger partial charge >= 0.3 is 6.18 Å². The highest BCUT2D eigenvalue weighted by Gasteiger charge is 2.31. The molecular formula is C16H16F3N3O. The molecule has 1 atom stereocenters. The first-order valence-electron chi connectivity index (χ1n) is 7.29. The van der Waals surface area contributed by atoms with Crippen LogP contribution >= 0.6 is 0 Å². The maximum Gasteiger partial charge on any atom is 0.417 e. The van der Waals surface area contributed by atoms with Crippen molar-refractivity contribution in [1.82, 2.24) is 9.97 Å². The summed E-state index contributed by atoms with van der Waals surface area (Å²) in [6, 6.07) is 4.28. The van der Waals surface area contributed by atoms with Gasteiger partial charge in [-0.15, -0.1) is 0 Å². The minimum absolute atomic E-state index is 0.0137. The number of rotatable bonds is 3. The molecular weight excluding hydrogens is 307 g/mol. The molecule has 4 nitrogen and oxygen atoms in total. The Labute approximate surface area is 131 Å². The van der Waals surface area contributed by atoms with E-state index in [-0.39, 0.29) is 6.10 Å². The van der Waals surface area contributed by atoms with Crippen LogP contribution in [0.4, 0.5) is 19.0 Å². The summed E-state index contributed by atoms with van der Waals surface area (Å²) in [5, 5.41) is 0. The van der Waals surface area contributed by atoms with Gasteiger partial charge in [-0.2, -0.15) is 13.2 Å². The second kappa shape index (κ2) is 6.06. The van der Waals surface area contributed by atoms with E-state index in [4.69, 9.17) is 4.74 Å². The summed E-state index contributed by atoms with van der Waals surface area (Å²) in [7, 11) is 0. The Morgan fingerprint density at radius 2 is 2.04 bits per heavy atom. The van der Waals surface area contributed by atoms with E-state index in [2.05, 4.69) is 9.97 Å². The van der Waals surface area contributed by atoms with Crippen molar-refractivity contribution in [2.24, 2.45) is 0 Å². The number of ether oxygens (including phenoxy) is 1. The lowest BCUT2D eigenvalue weighted by Gasteiger charge is -2.19. The molecule has 0 spiro atoms. The summed E-state index contributed by atoms with van der Waals surface area (Å²) in [5.41, 5.74) is 0.222. The Balaban J connectivity index is 1.65. The first-order chi connectivity index (χ1) is 10.9. The topological polar surface area (TPSA) is 38.2 Å². The first kappa shape index (κ1) is 15.6. The summed E-state index contributed by atoms with van der Waals surface area (Å²) in [4.78, 5) is 9.88. The molecule has 1 aliphatic heterocycles. The number of nitrogens with zero attached hydrogens (tertiary/aromatic N) is 3. The van der Waals surface area contributed by atoms with E-state index in [9.17, 15) is 13.2 Å². The molecule has 0 amide bonds. The number of hydrogen-bond acceptors (Lipinski definition) is 4. The number of alkyl halides is 3. The number of pyridine rings is 2. The molecule has 1 fully saturated rings. The Morgan fingerprint density at radius 1 is 1.22 bits per heavy atom. The third kappa shape index (κ3) is 3.55. The van der Waals surface area contributed by atoms with Crippen LogP contribution in [0.2, 0.25) is 0 Å². The number of aromatic nitrogens is 2. The highest BCUT2D eigenvalue weighted by atomic mass is 19.4. The normalized spacial score (nSPS) is 18.3. The molecule has 3 heterocycles. The fourth-order valence-corrected chi connectivity index (χ4v) is 2.55. The maximum absolute atomic E-state index is 12.6. The van der Waals surface area contributed by atoms with E-state index in [0.717, 1.165) is 30.0 Å². The van der Waals surface area contributed by atoms with E-state index in [1.165, 1.54) is 6.07 Å². The summed E-state index contributed by atoms with van der Waals surface area (Å²) in [6.45, 7) is 3.22. The predicted octanol–water partition coefficient (Wildman–Crippen LogP) is 3.46. The SMILES string of the molecule is Cc1cnccc1OC1CCN(c2ccc(C(F)(F)F)cn2)C1. The van der Waals surface area contributed by atoms with Gasteiger partial charge in [0.15, 0.2) is 0 Å². The van der Waals surface area contributed by atoms with Crippen LogP contribution in [0.3, 0.4) is 0 Å². The van der Waals surface area contributed by atoms with E-state index in [0.29, 0.717) is 18.9 Å². The second-order valence-corrected chi connectivity index (χ2v) is 5.52. The molecule has 0 saturated carbocycles. The molecule has 2 aromatic heterocycles. The minimum atomic E-state index is -4.36. The molecule has 7 heteroatoms. The Morgan fingerprint density at radius 3 is 2.70 bits per heavy atom. The fourth-order valence-electron chi connectivity index (χ4n) is 2.55. The summed E-state index contributed by atoms with van der Waals surface area (Å²) < 4.78 is 43.6. The highest BCUT2D eigenvalue weighted by Crippen LogP contribution is 2.30. The summed E-state index contributed by atoms with van der Waals surface area (Å²) in [6.07, 6.45) is 0.703. The van der Waals surface area contributed by atoms with Crippen molar-refractivity contribution in [2.45, 2.75) is 25.6 Å². The Bertz CT molecular complexity index is 673. The molecule has 0 aromatic carbocycles. The smallest absolute Gasteiger partial charge is 0.417 e. The molecule has 3 rings (SSSR count). The van der Waals surface area contributed by atoms with Gasteiger partial charge in [0.1, 0.15) is 17.7 Å². The molecule has 23 heavy (non-hydrogen) atoms. The van der Waals surface area contributed by atoms with Gasteiger partial charge in [-0.3, -0.25) is 4.98 Å². The van der Waals surface area contributed by atoms with Crippen LogP contribution in [-0.2, 0) is 6.18 Å². The number of halogens is 3. The quantitative estimate of drug-likeness (QED) is 0.867. The average molecular weight is 323 g/mol. The highest BCUT2D eigenvalue weighted by molar-refractivity contribution is 5.41. The van der Waals surface area contributed by atoms with Crippen LogP contribution in [0.25, 0.3) is 0 Å². The summed E-state index contributed by atoms with van der Waals surface area (Å²) in [5.74, 6) is 1.32. The van der Waals surface area contributed by atoms with Crippen LogP contribution in [0.15, 0.2) is 36.8 Å². The van der Waals surface area contributed by atoms with Gasteiger partial charge in [0.25, 0.3) is 0 Å². The van der Waals surface area contributed by atoms with Crippen molar-refractivity contribution in [1.29, 1.82) is 0 Å². The zero-order valence-electron chi connectivity index (χ0n) is 12.5. The molecule has 1 unspecified atom stereocenters. The van der Waals surface area contributed by atoms with Gasteiger partial charge < -0.3 is 9.64 Å². The van der Waals surface area contributed by atoms with Gasteiger partial charge in [0.2, 0.25) is 0 Å². The van der Waals surface area contributed by atoms with E-state index in [1.54, 1.807) is 12.4 Å². The molecule has 0 aliphatic carbocycles. The van der Waals surface area contributed by atoms with Crippen molar-refractivity contribution in [2.75, 3.05) is 18.0 Å². The minimum Gasteiger partial charge on any atom is -0.488 e. The van der Waals surface area contributed by atoms with Gasteiger partial charge in [-0.25, -0.2) is 4.98 Å². The number of anilines is 1.